The van der Waals surface area contributed by atoms with Crippen LogP contribution in [0.5, 0.6) is 0 Å². The smallest absolute Gasteiger partial charge is 0.399 e. The summed E-state index contributed by atoms with van der Waals surface area (Å²) in [7, 11) is 0. The van der Waals surface area contributed by atoms with Crippen molar-refractivity contribution in [1.29, 1.82) is 0 Å². The molecule has 2 aromatic carbocycles. The zero-order chi connectivity index (χ0) is 22.2. The van der Waals surface area contributed by atoms with E-state index < -0.39 is 4.92 Å². The van der Waals surface area contributed by atoms with Crippen LogP contribution in [0.4, 0.5) is 5.88 Å². The molecule has 4 aromatic rings. The fourth-order valence-corrected chi connectivity index (χ4v) is 4.18. The molecule has 1 aliphatic heterocycles. The SMILES string of the molecule is Cc1ccc(-c2nnc3n2N=C(c2ccc([N+](=O)[O-])o2)/C(=C/c2ccc(Cl)cc2)S3)cc1. The summed E-state index contributed by atoms with van der Waals surface area (Å²) in [4.78, 5) is 11.3. The highest BCUT2D eigenvalue weighted by atomic mass is 35.5. The van der Waals surface area contributed by atoms with Gasteiger partial charge in [0.25, 0.3) is 0 Å². The van der Waals surface area contributed by atoms with E-state index in [1.165, 1.54) is 23.9 Å². The molecular weight excluding hydrogens is 450 g/mol. The third kappa shape index (κ3) is 3.83. The fraction of sp³-hybridized carbons (Fsp3) is 0.0455. The summed E-state index contributed by atoms with van der Waals surface area (Å²) >= 11 is 7.35. The van der Waals surface area contributed by atoms with Crippen LogP contribution in [0.2, 0.25) is 5.02 Å². The van der Waals surface area contributed by atoms with Crippen molar-refractivity contribution in [2.75, 3.05) is 0 Å². The van der Waals surface area contributed by atoms with Gasteiger partial charge in [0.15, 0.2) is 11.6 Å². The van der Waals surface area contributed by atoms with Crippen LogP contribution < -0.4 is 0 Å². The number of thioether (sulfide) groups is 1. The van der Waals surface area contributed by atoms with Gasteiger partial charge in [-0.15, -0.1) is 10.2 Å². The molecule has 5 rings (SSSR count). The predicted octanol–water partition coefficient (Wildman–Crippen LogP) is 5.81. The first-order valence-corrected chi connectivity index (χ1v) is 10.7. The van der Waals surface area contributed by atoms with Crippen LogP contribution in [0, 0.1) is 17.0 Å². The van der Waals surface area contributed by atoms with Crippen molar-refractivity contribution in [3.63, 3.8) is 0 Å². The molecule has 0 N–H and O–H groups in total. The highest BCUT2D eigenvalue weighted by Gasteiger charge is 2.28. The van der Waals surface area contributed by atoms with Crippen LogP contribution in [-0.2, 0) is 0 Å². The van der Waals surface area contributed by atoms with Gasteiger partial charge >= 0.3 is 5.88 Å². The van der Waals surface area contributed by atoms with Crippen molar-refractivity contribution in [3.8, 4) is 11.4 Å². The molecule has 0 atom stereocenters. The average molecular weight is 464 g/mol. The largest absolute Gasteiger partial charge is 0.433 e. The number of hydrogen-bond acceptors (Lipinski definition) is 7. The van der Waals surface area contributed by atoms with E-state index in [1.54, 1.807) is 16.8 Å². The Hall–Kier alpha value is -3.69. The molecule has 0 unspecified atom stereocenters. The normalized spacial score (nSPS) is 14.3. The Morgan fingerprint density at radius 3 is 2.50 bits per heavy atom. The molecule has 0 spiro atoms. The lowest BCUT2D eigenvalue weighted by Crippen LogP contribution is -2.12. The minimum absolute atomic E-state index is 0.276. The fourth-order valence-electron chi connectivity index (χ4n) is 3.13. The van der Waals surface area contributed by atoms with Crippen molar-refractivity contribution in [2.24, 2.45) is 5.10 Å². The second-order valence-corrected chi connectivity index (χ2v) is 8.44. The molecular formula is C22H14ClN5O3S. The third-order valence-electron chi connectivity index (χ3n) is 4.73. The third-order valence-corrected chi connectivity index (χ3v) is 5.95. The second kappa shape index (κ2) is 8.10. The Morgan fingerprint density at radius 2 is 1.81 bits per heavy atom. The van der Waals surface area contributed by atoms with E-state index in [2.05, 4.69) is 10.2 Å². The van der Waals surface area contributed by atoms with Gasteiger partial charge in [-0.25, -0.2) is 0 Å². The van der Waals surface area contributed by atoms with E-state index in [4.69, 9.17) is 21.1 Å². The maximum Gasteiger partial charge on any atom is 0.433 e. The molecule has 0 fully saturated rings. The van der Waals surface area contributed by atoms with Crippen molar-refractivity contribution >= 4 is 41.0 Å². The lowest BCUT2D eigenvalue weighted by Gasteiger charge is -2.15. The molecule has 0 amide bonds. The van der Waals surface area contributed by atoms with Gasteiger partial charge in [0.05, 0.1) is 6.07 Å². The van der Waals surface area contributed by atoms with E-state index in [-0.39, 0.29) is 11.6 Å². The number of aromatic nitrogens is 3. The summed E-state index contributed by atoms with van der Waals surface area (Å²) in [6.45, 7) is 2.01. The number of halogens is 1. The molecule has 0 radical (unpaired) electrons. The molecule has 2 aromatic heterocycles. The Balaban J connectivity index is 1.64. The number of allylic oxidation sites excluding steroid dienone is 1. The van der Waals surface area contributed by atoms with Crippen molar-refractivity contribution in [3.05, 3.63) is 97.6 Å². The number of nitrogens with zero attached hydrogens (tertiary/aromatic N) is 5. The van der Waals surface area contributed by atoms with Gasteiger partial charge < -0.3 is 4.42 Å². The van der Waals surface area contributed by atoms with E-state index in [0.717, 1.165) is 16.7 Å². The molecule has 0 aliphatic carbocycles. The summed E-state index contributed by atoms with van der Waals surface area (Å²) in [5.74, 6) is 0.488. The van der Waals surface area contributed by atoms with Crippen LogP contribution in [-0.4, -0.2) is 25.5 Å². The Labute approximate surface area is 191 Å². The summed E-state index contributed by atoms with van der Waals surface area (Å²) in [6, 6.07) is 18.0. The van der Waals surface area contributed by atoms with Crippen molar-refractivity contribution in [1.82, 2.24) is 14.9 Å². The van der Waals surface area contributed by atoms with Gasteiger partial charge in [0, 0.05) is 15.5 Å². The summed E-state index contributed by atoms with van der Waals surface area (Å²) < 4.78 is 7.09. The van der Waals surface area contributed by atoms with Gasteiger partial charge in [0.2, 0.25) is 5.16 Å². The lowest BCUT2D eigenvalue weighted by atomic mass is 10.1. The first kappa shape index (κ1) is 20.2. The first-order valence-electron chi connectivity index (χ1n) is 9.49. The zero-order valence-corrected chi connectivity index (χ0v) is 18.2. The molecule has 8 nitrogen and oxygen atoms in total. The van der Waals surface area contributed by atoms with Crippen molar-refractivity contribution < 1.29 is 9.34 Å². The first-order chi connectivity index (χ1) is 15.5. The molecule has 32 heavy (non-hydrogen) atoms. The standard InChI is InChI=1S/C22H14ClN5O3S/c1-13-2-6-15(7-3-13)21-24-25-22-27(21)26-20(17-10-11-19(31-17)28(29)30)18(32-22)12-14-4-8-16(23)9-5-14/h2-12H,1H3/b18-12-. The number of rotatable bonds is 4. The highest BCUT2D eigenvalue weighted by Crippen LogP contribution is 2.37. The number of benzene rings is 2. The topological polar surface area (TPSA) is 99.3 Å². The molecule has 0 saturated heterocycles. The number of nitro groups is 1. The Kier molecular flexibility index (Phi) is 5.12. The summed E-state index contributed by atoms with van der Waals surface area (Å²) in [5.41, 5.74) is 3.31. The maximum atomic E-state index is 11.1. The molecule has 10 heteroatoms. The average Bonchev–Trinajstić information content (AvgIpc) is 3.43. The maximum absolute atomic E-state index is 11.1. The van der Waals surface area contributed by atoms with Crippen LogP contribution in [0.15, 0.2) is 80.2 Å². The van der Waals surface area contributed by atoms with E-state index in [1.807, 2.05) is 49.4 Å². The quantitative estimate of drug-likeness (QED) is 0.280. The van der Waals surface area contributed by atoms with Gasteiger partial charge in [-0.1, -0.05) is 53.6 Å². The number of fused-ring (bicyclic) bond motifs is 1. The number of furan rings is 1. The predicted molar refractivity (Wildman–Crippen MR) is 123 cm³/mol. The zero-order valence-electron chi connectivity index (χ0n) is 16.6. The summed E-state index contributed by atoms with van der Waals surface area (Å²) in [5, 5.41) is 25.7. The molecule has 158 valence electrons. The van der Waals surface area contributed by atoms with Gasteiger partial charge in [0.1, 0.15) is 10.6 Å². The highest BCUT2D eigenvalue weighted by molar-refractivity contribution is 8.04. The minimum Gasteiger partial charge on any atom is -0.399 e. The molecule has 3 heterocycles. The van der Waals surface area contributed by atoms with E-state index >= 15 is 0 Å². The minimum atomic E-state index is -0.579. The molecule has 0 saturated carbocycles. The van der Waals surface area contributed by atoms with Gasteiger partial charge in [-0.2, -0.15) is 9.78 Å². The van der Waals surface area contributed by atoms with Crippen LogP contribution >= 0.6 is 23.4 Å². The van der Waals surface area contributed by atoms with Crippen LogP contribution in [0.1, 0.15) is 16.9 Å². The van der Waals surface area contributed by atoms with E-state index in [0.29, 0.717) is 26.6 Å². The van der Waals surface area contributed by atoms with Gasteiger partial charge in [-0.3, -0.25) is 10.1 Å². The van der Waals surface area contributed by atoms with E-state index in [9.17, 15) is 10.1 Å². The Morgan fingerprint density at radius 1 is 1.06 bits per heavy atom. The molecule has 1 aliphatic rings. The summed E-state index contributed by atoms with van der Waals surface area (Å²) in [6.07, 6.45) is 1.90. The van der Waals surface area contributed by atoms with Crippen molar-refractivity contribution in [2.45, 2.75) is 12.1 Å². The lowest BCUT2D eigenvalue weighted by molar-refractivity contribution is -0.402. The van der Waals surface area contributed by atoms with Crippen LogP contribution in [0.3, 0.4) is 0 Å². The molecule has 0 bridgehead atoms. The van der Waals surface area contributed by atoms with Crippen LogP contribution in [0.25, 0.3) is 17.5 Å². The number of hydrogen-bond donors (Lipinski definition) is 0. The van der Waals surface area contributed by atoms with Gasteiger partial charge in [-0.05, 0) is 48.5 Å². The Bertz CT molecular complexity index is 1390. The monoisotopic (exact) mass is 463 g/mol. The number of aryl methyl sites for hydroxylation is 1. The second-order valence-electron chi connectivity index (χ2n) is 6.99.